The van der Waals surface area contributed by atoms with E-state index in [9.17, 15) is 9.59 Å². The number of hydrogen-bond acceptors (Lipinski definition) is 2. The second kappa shape index (κ2) is 6.42. The molecule has 1 heterocycles. The molecule has 2 aromatic rings. The van der Waals surface area contributed by atoms with Gasteiger partial charge in [0.05, 0.1) is 0 Å². The molecule has 1 aliphatic heterocycles. The third kappa shape index (κ3) is 3.22. The van der Waals surface area contributed by atoms with E-state index < -0.39 is 6.04 Å². The summed E-state index contributed by atoms with van der Waals surface area (Å²) >= 11 is 5.88. The van der Waals surface area contributed by atoms with Gasteiger partial charge in [-0.15, -0.1) is 0 Å². The average molecular weight is 329 g/mol. The minimum Gasteiger partial charge on any atom is -0.352 e. The summed E-state index contributed by atoms with van der Waals surface area (Å²) < 4.78 is 0. The van der Waals surface area contributed by atoms with Crippen LogP contribution in [0.3, 0.4) is 0 Å². The molecule has 1 unspecified atom stereocenters. The molecule has 5 heteroatoms. The SMILES string of the molecule is Cc1ccc(C2C(=O)NCCN2C(=O)c2ccc(Cl)cc2)cc1. The molecular formula is C18H17ClN2O2. The van der Waals surface area contributed by atoms with Crippen molar-refractivity contribution in [2.75, 3.05) is 13.1 Å². The van der Waals surface area contributed by atoms with Gasteiger partial charge in [0.15, 0.2) is 0 Å². The maximum absolute atomic E-state index is 12.8. The van der Waals surface area contributed by atoms with Crippen LogP contribution in [0.25, 0.3) is 0 Å². The zero-order chi connectivity index (χ0) is 16.4. The van der Waals surface area contributed by atoms with Gasteiger partial charge >= 0.3 is 0 Å². The molecule has 0 aliphatic carbocycles. The second-order valence-electron chi connectivity index (χ2n) is 5.61. The highest BCUT2D eigenvalue weighted by molar-refractivity contribution is 6.30. The predicted octanol–water partition coefficient (Wildman–Crippen LogP) is 2.96. The smallest absolute Gasteiger partial charge is 0.254 e. The molecule has 1 atom stereocenters. The van der Waals surface area contributed by atoms with Gasteiger partial charge in [0.25, 0.3) is 5.91 Å². The number of halogens is 1. The van der Waals surface area contributed by atoms with E-state index in [2.05, 4.69) is 5.32 Å². The largest absolute Gasteiger partial charge is 0.352 e. The Bertz CT molecular complexity index is 726. The predicted molar refractivity (Wildman–Crippen MR) is 89.4 cm³/mol. The normalized spacial score (nSPS) is 17.7. The van der Waals surface area contributed by atoms with Crippen molar-refractivity contribution in [1.82, 2.24) is 10.2 Å². The summed E-state index contributed by atoms with van der Waals surface area (Å²) in [6.45, 7) is 2.92. The number of benzene rings is 2. The van der Waals surface area contributed by atoms with E-state index in [0.29, 0.717) is 23.7 Å². The molecule has 1 N–H and O–H groups in total. The molecule has 0 spiro atoms. The minimum absolute atomic E-state index is 0.151. The second-order valence-corrected chi connectivity index (χ2v) is 6.05. The van der Waals surface area contributed by atoms with Crippen molar-refractivity contribution in [2.45, 2.75) is 13.0 Å². The third-order valence-corrected chi connectivity index (χ3v) is 4.21. The van der Waals surface area contributed by atoms with Crippen LogP contribution in [0.15, 0.2) is 48.5 Å². The van der Waals surface area contributed by atoms with Crippen molar-refractivity contribution >= 4 is 23.4 Å². The molecule has 118 valence electrons. The number of rotatable bonds is 2. The monoisotopic (exact) mass is 328 g/mol. The number of hydrogen-bond donors (Lipinski definition) is 1. The fourth-order valence-corrected chi connectivity index (χ4v) is 2.85. The summed E-state index contributed by atoms with van der Waals surface area (Å²) in [5.74, 6) is -0.315. The molecule has 0 aromatic heterocycles. The van der Waals surface area contributed by atoms with Gasteiger partial charge in [0, 0.05) is 23.7 Å². The molecule has 2 amide bonds. The molecule has 0 saturated carbocycles. The van der Waals surface area contributed by atoms with Crippen molar-refractivity contribution in [3.63, 3.8) is 0 Å². The summed E-state index contributed by atoms with van der Waals surface area (Å²) in [6, 6.07) is 13.8. The van der Waals surface area contributed by atoms with E-state index in [1.807, 2.05) is 31.2 Å². The van der Waals surface area contributed by atoms with E-state index in [0.717, 1.165) is 11.1 Å². The first-order valence-corrected chi connectivity index (χ1v) is 7.85. The van der Waals surface area contributed by atoms with Crippen LogP contribution in [0.1, 0.15) is 27.5 Å². The van der Waals surface area contributed by atoms with Crippen molar-refractivity contribution in [3.8, 4) is 0 Å². The van der Waals surface area contributed by atoms with Crippen LogP contribution >= 0.6 is 11.6 Å². The zero-order valence-electron chi connectivity index (χ0n) is 12.8. The van der Waals surface area contributed by atoms with Crippen molar-refractivity contribution in [1.29, 1.82) is 0 Å². The van der Waals surface area contributed by atoms with Gasteiger partial charge in [-0.1, -0.05) is 41.4 Å². The maximum atomic E-state index is 12.8. The van der Waals surface area contributed by atoms with Gasteiger partial charge in [-0.25, -0.2) is 0 Å². The number of carbonyl (C=O) groups excluding carboxylic acids is 2. The van der Waals surface area contributed by atoms with Crippen LogP contribution in [-0.2, 0) is 4.79 Å². The maximum Gasteiger partial charge on any atom is 0.254 e. The van der Waals surface area contributed by atoms with Gasteiger partial charge < -0.3 is 10.2 Å². The van der Waals surface area contributed by atoms with Crippen LogP contribution < -0.4 is 5.32 Å². The number of aryl methyl sites for hydroxylation is 1. The molecular weight excluding hydrogens is 312 g/mol. The highest BCUT2D eigenvalue weighted by Crippen LogP contribution is 2.26. The Morgan fingerprint density at radius 1 is 1.13 bits per heavy atom. The minimum atomic E-state index is -0.604. The lowest BCUT2D eigenvalue weighted by Crippen LogP contribution is -2.52. The number of carbonyl (C=O) groups is 2. The fourth-order valence-electron chi connectivity index (χ4n) is 2.72. The lowest BCUT2D eigenvalue weighted by Gasteiger charge is -2.35. The van der Waals surface area contributed by atoms with Gasteiger partial charge in [-0.3, -0.25) is 9.59 Å². The summed E-state index contributed by atoms with van der Waals surface area (Å²) in [6.07, 6.45) is 0. The van der Waals surface area contributed by atoms with Crippen LogP contribution in [-0.4, -0.2) is 29.8 Å². The van der Waals surface area contributed by atoms with E-state index in [4.69, 9.17) is 11.6 Å². The van der Waals surface area contributed by atoms with Crippen molar-refractivity contribution in [3.05, 3.63) is 70.2 Å². The van der Waals surface area contributed by atoms with Crippen LogP contribution in [0, 0.1) is 6.92 Å². The first-order valence-electron chi connectivity index (χ1n) is 7.47. The van der Waals surface area contributed by atoms with Gasteiger partial charge in [0.1, 0.15) is 6.04 Å². The van der Waals surface area contributed by atoms with E-state index in [1.165, 1.54) is 0 Å². The standard InChI is InChI=1S/C18H17ClN2O2/c1-12-2-4-13(5-3-12)16-17(22)20-10-11-21(16)18(23)14-6-8-15(19)9-7-14/h2-9,16H,10-11H2,1H3,(H,20,22). The van der Waals surface area contributed by atoms with Crippen LogP contribution in [0.5, 0.6) is 0 Å². The summed E-state index contributed by atoms with van der Waals surface area (Å²) in [5.41, 5.74) is 2.46. The molecule has 0 radical (unpaired) electrons. The molecule has 1 saturated heterocycles. The van der Waals surface area contributed by atoms with E-state index >= 15 is 0 Å². The Morgan fingerprint density at radius 3 is 2.43 bits per heavy atom. The number of nitrogens with zero attached hydrogens (tertiary/aromatic N) is 1. The molecule has 1 fully saturated rings. The zero-order valence-corrected chi connectivity index (χ0v) is 13.5. The third-order valence-electron chi connectivity index (χ3n) is 3.96. The highest BCUT2D eigenvalue weighted by Gasteiger charge is 2.34. The Balaban J connectivity index is 1.94. The highest BCUT2D eigenvalue weighted by atomic mass is 35.5. The van der Waals surface area contributed by atoms with Gasteiger partial charge in [0.2, 0.25) is 5.91 Å². The topological polar surface area (TPSA) is 49.4 Å². The fraction of sp³-hybridized carbons (Fsp3) is 0.222. The van der Waals surface area contributed by atoms with Crippen molar-refractivity contribution < 1.29 is 9.59 Å². The Morgan fingerprint density at radius 2 is 1.78 bits per heavy atom. The molecule has 3 rings (SSSR count). The van der Waals surface area contributed by atoms with E-state index in [1.54, 1.807) is 29.2 Å². The number of nitrogens with one attached hydrogen (secondary N) is 1. The van der Waals surface area contributed by atoms with Gasteiger partial charge in [-0.2, -0.15) is 0 Å². The molecule has 1 aliphatic rings. The Labute approximate surface area is 140 Å². The summed E-state index contributed by atoms with van der Waals surface area (Å²) in [4.78, 5) is 26.8. The Kier molecular flexibility index (Phi) is 4.35. The molecule has 2 aromatic carbocycles. The van der Waals surface area contributed by atoms with Gasteiger partial charge in [-0.05, 0) is 36.8 Å². The number of piperazine rings is 1. The lowest BCUT2D eigenvalue weighted by molar-refractivity contribution is -0.128. The first-order chi connectivity index (χ1) is 11.1. The first kappa shape index (κ1) is 15.6. The van der Waals surface area contributed by atoms with Crippen LogP contribution in [0.4, 0.5) is 0 Å². The van der Waals surface area contributed by atoms with E-state index in [-0.39, 0.29) is 11.8 Å². The quantitative estimate of drug-likeness (QED) is 0.921. The molecule has 4 nitrogen and oxygen atoms in total. The number of amides is 2. The van der Waals surface area contributed by atoms with Crippen LogP contribution in [0.2, 0.25) is 5.02 Å². The van der Waals surface area contributed by atoms with Crippen molar-refractivity contribution in [2.24, 2.45) is 0 Å². The molecule has 0 bridgehead atoms. The summed E-state index contributed by atoms with van der Waals surface area (Å²) in [7, 11) is 0. The summed E-state index contributed by atoms with van der Waals surface area (Å²) in [5, 5.41) is 3.41. The Hall–Kier alpha value is -2.33. The lowest BCUT2D eigenvalue weighted by atomic mass is 10.00. The average Bonchev–Trinajstić information content (AvgIpc) is 2.56. The molecule has 23 heavy (non-hydrogen) atoms.